The monoisotopic (exact) mass is 251 g/mol. The number of hydrogen-bond acceptors (Lipinski definition) is 6. The van der Waals surface area contributed by atoms with E-state index in [4.69, 9.17) is 14.1 Å². The Bertz CT molecular complexity index is 492. The Morgan fingerprint density at radius 2 is 2.39 bits per heavy atom. The molecule has 0 fully saturated rings. The van der Waals surface area contributed by atoms with Crippen molar-refractivity contribution in [1.29, 1.82) is 0 Å². The number of nitroso groups, excluding NO2 is 1. The van der Waals surface area contributed by atoms with Gasteiger partial charge in [-0.3, -0.25) is 4.79 Å². The van der Waals surface area contributed by atoms with Gasteiger partial charge in [0, 0.05) is 12.3 Å². The van der Waals surface area contributed by atoms with Gasteiger partial charge < -0.3 is 19.2 Å². The Labute approximate surface area is 103 Å². The SMILES string of the molecule is COCc1ccc2c(c1C(=O)N=O)OB(O)CO2. The number of methoxy groups -OCH3 is 1. The van der Waals surface area contributed by atoms with Crippen LogP contribution in [0.3, 0.4) is 0 Å². The van der Waals surface area contributed by atoms with Crippen LogP contribution in [0.4, 0.5) is 0 Å². The number of benzene rings is 1. The van der Waals surface area contributed by atoms with Gasteiger partial charge in [0.05, 0.1) is 12.2 Å². The maximum atomic E-state index is 11.5. The Morgan fingerprint density at radius 1 is 1.61 bits per heavy atom. The van der Waals surface area contributed by atoms with Gasteiger partial charge in [-0.1, -0.05) is 6.07 Å². The number of carbonyl (C=O) groups excluding carboxylic acids is 1. The molecule has 94 valence electrons. The second-order valence-electron chi connectivity index (χ2n) is 3.64. The van der Waals surface area contributed by atoms with Gasteiger partial charge in [-0.05, 0) is 11.6 Å². The Hall–Kier alpha value is -1.93. The lowest BCUT2D eigenvalue weighted by atomic mass is 9.90. The number of carbonyl (C=O) groups is 1. The highest BCUT2D eigenvalue weighted by Crippen LogP contribution is 2.37. The molecular formula is C10H10BNO6. The predicted molar refractivity (Wildman–Crippen MR) is 61.4 cm³/mol. The van der Waals surface area contributed by atoms with Gasteiger partial charge in [0.2, 0.25) is 0 Å². The van der Waals surface area contributed by atoms with Crippen LogP contribution in [0.25, 0.3) is 0 Å². The van der Waals surface area contributed by atoms with Gasteiger partial charge in [-0.2, -0.15) is 0 Å². The van der Waals surface area contributed by atoms with E-state index >= 15 is 0 Å². The van der Waals surface area contributed by atoms with Crippen LogP contribution in [-0.4, -0.2) is 31.7 Å². The lowest BCUT2D eigenvalue weighted by molar-refractivity contribution is 0.0992. The third-order valence-corrected chi connectivity index (χ3v) is 2.44. The van der Waals surface area contributed by atoms with Gasteiger partial charge in [0.25, 0.3) is 0 Å². The summed E-state index contributed by atoms with van der Waals surface area (Å²) < 4.78 is 15.2. The molecule has 0 radical (unpaired) electrons. The molecule has 0 aliphatic carbocycles. The molecule has 0 spiro atoms. The van der Waals surface area contributed by atoms with E-state index in [-0.39, 0.29) is 30.2 Å². The van der Waals surface area contributed by atoms with Gasteiger partial charge in [0.1, 0.15) is 6.51 Å². The van der Waals surface area contributed by atoms with Crippen LogP contribution in [0.15, 0.2) is 17.3 Å². The third kappa shape index (κ3) is 2.20. The second-order valence-corrected chi connectivity index (χ2v) is 3.64. The molecule has 0 bridgehead atoms. The van der Waals surface area contributed by atoms with E-state index in [9.17, 15) is 14.7 Å². The van der Waals surface area contributed by atoms with Gasteiger partial charge in [0.15, 0.2) is 11.5 Å². The van der Waals surface area contributed by atoms with E-state index < -0.39 is 13.0 Å². The molecule has 0 saturated carbocycles. The summed E-state index contributed by atoms with van der Waals surface area (Å²) in [5.74, 6) is -0.684. The molecule has 1 N–H and O–H groups in total. The zero-order valence-electron chi connectivity index (χ0n) is 9.58. The summed E-state index contributed by atoms with van der Waals surface area (Å²) in [4.78, 5) is 22.0. The maximum absolute atomic E-state index is 11.5. The van der Waals surface area contributed by atoms with E-state index in [0.29, 0.717) is 5.56 Å². The first-order valence-electron chi connectivity index (χ1n) is 5.17. The lowest BCUT2D eigenvalue weighted by Gasteiger charge is -2.23. The zero-order valence-corrected chi connectivity index (χ0v) is 9.58. The number of ether oxygens (including phenoxy) is 2. The van der Waals surface area contributed by atoms with Crippen molar-refractivity contribution in [3.63, 3.8) is 0 Å². The van der Waals surface area contributed by atoms with E-state index in [1.807, 2.05) is 0 Å². The Morgan fingerprint density at radius 3 is 3.06 bits per heavy atom. The van der Waals surface area contributed by atoms with Gasteiger partial charge >= 0.3 is 13.0 Å². The normalized spacial score (nSPS) is 13.3. The molecule has 0 atom stereocenters. The Balaban J connectivity index is 2.55. The van der Waals surface area contributed by atoms with E-state index in [0.717, 1.165) is 0 Å². The smallest absolute Gasteiger partial charge is 0.531 e. The fourth-order valence-electron chi connectivity index (χ4n) is 1.72. The summed E-state index contributed by atoms with van der Waals surface area (Å²) >= 11 is 0. The van der Waals surface area contributed by atoms with Crippen molar-refractivity contribution in [3.05, 3.63) is 28.2 Å². The molecule has 1 aromatic rings. The number of hydrogen-bond donors (Lipinski definition) is 1. The molecule has 0 aromatic heterocycles. The van der Waals surface area contributed by atoms with E-state index in [2.05, 4.69) is 5.18 Å². The maximum Gasteiger partial charge on any atom is 0.563 e. The van der Waals surface area contributed by atoms with Crippen molar-refractivity contribution in [2.75, 3.05) is 13.6 Å². The van der Waals surface area contributed by atoms with Crippen LogP contribution >= 0.6 is 0 Å². The van der Waals surface area contributed by atoms with Crippen molar-refractivity contribution >= 4 is 13.0 Å². The number of fused-ring (bicyclic) bond motifs is 1. The molecule has 1 heterocycles. The first kappa shape index (κ1) is 12.5. The topological polar surface area (TPSA) is 94.4 Å². The first-order chi connectivity index (χ1) is 8.67. The molecule has 0 saturated heterocycles. The highest BCUT2D eigenvalue weighted by molar-refractivity contribution is 6.44. The number of nitrogens with zero attached hydrogens (tertiary/aromatic N) is 1. The van der Waals surface area contributed by atoms with Gasteiger partial charge in [-0.15, -0.1) is 4.91 Å². The molecule has 1 aromatic carbocycles. The minimum atomic E-state index is -1.19. The highest BCUT2D eigenvalue weighted by Gasteiger charge is 2.31. The van der Waals surface area contributed by atoms with Crippen LogP contribution in [0.2, 0.25) is 0 Å². The predicted octanol–water partition coefficient (Wildman–Crippen LogP) is 0.531. The summed E-state index contributed by atoms with van der Waals surface area (Å²) in [6.07, 6.45) is 0. The quantitative estimate of drug-likeness (QED) is 0.621. The van der Waals surface area contributed by atoms with Crippen LogP contribution in [-0.2, 0) is 11.3 Å². The molecule has 1 aliphatic heterocycles. The molecule has 1 amide bonds. The second kappa shape index (κ2) is 5.15. The molecule has 8 heteroatoms. The third-order valence-electron chi connectivity index (χ3n) is 2.44. The van der Waals surface area contributed by atoms with Crippen molar-refractivity contribution in [2.45, 2.75) is 6.61 Å². The van der Waals surface area contributed by atoms with Crippen molar-refractivity contribution < 1.29 is 23.9 Å². The summed E-state index contributed by atoms with van der Waals surface area (Å²) in [6, 6.07) is 3.17. The van der Waals surface area contributed by atoms with E-state index in [1.165, 1.54) is 7.11 Å². The van der Waals surface area contributed by atoms with Crippen molar-refractivity contribution in [3.8, 4) is 11.5 Å². The van der Waals surface area contributed by atoms with Crippen molar-refractivity contribution in [1.82, 2.24) is 0 Å². The standard InChI is InChI=1S/C10H10BNO6/c1-16-4-6-2-3-7-9(8(6)10(13)12-15)18-11(14)5-17-7/h2-3,14H,4-5H2,1H3. The molecule has 1 aliphatic rings. The summed E-state index contributed by atoms with van der Waals surface area (Å²) in [7, 11) is 0.266. The molecular weight excluding hydrogens is 241 g/mol. The average molecular weight is 251 g/mol. The highest BCUT2D eigenvalue weighted by atomic mass is 16.6. The fourth-order valence-corrected chi connectivity index (χ4v) is 1.72. The Kier molecular flexibility index (Phi) is 3.59. The summed E-state index contributed by atoms with van der Waals surface area (Å²) in [6.45, 7) is 0.0715. The zero-order chi connectivity index (χ0) is 13.1. The largest absolute Gasteiger partial charge is 0.563 e. The van der Waals surface area contributed by atoms with Crippen LogP contribution in [0.5, 0.6) is 11.5 Å². The molecule has 2 rings (SSSR count). The molecule has 18 heavy (non-hydrogen) atoms. The van der Waals surface area contributed by atoms with E-state index in [1.54, 1.807) is 12.1 Å². The van der Waals surface area contributed by atoms with Crippen molar-refractivity contribution in [2.24, 2.45) is 5.18 Å². The average Bonchev–Trinajstić information content (AvgIpc) is 2.38. The molecule has 0 unspecified atom stereocenters. The molecule has 7 nitrogen and oxygen atoms in total. The van der Waals surface area contributed by atoms with Crippen LogP contribution in [0.1, 0.15) is 15.9 Å². The number of amides is 1. The van der Waals surface area contributed by atoms with Crippen LogP contribution < -0.4 is 9.39 Å². The van der Waals surface area contributed by atoms with Gasteiger partial charge in [-0.25, -0.2) is 0 Å². The lowest BCUT2D eigenvalue weighted by Crippen LogP contribution is -2.34. The summed E-state index contributed by atoms with van der Waals surface area (Å²) in [5.41, 5.74) is 0.404. The fraction of sp³-hybridized carbons (Fsp3) is 0.300. The summed E-state index contributed by atoms with van der Waals surface area (Å²) in [5, 5.41) is 11.7. The first-order valence-corrected chi connectivity index (χ1v) is 5.17. The minimum Gasteiger partial charge on any atom is -0.531 e. The van der Waals surface area contributed by atoms with Crippen LogP contribution in [0, 0.1) is 4.91 Å². The number of rotatable bonds is 3. The minimum absolute atomic E-state index is 0.0212.